The van der Waals surface area contributed by atoms with Crippen LogP contribution in [0.15, 0.2) is 47.4 Å². The maximum Gasteiger partial charge on any atom is 0.421 e. The Labute approximate surface area is 581 Å². The summed E-state index contributed by atoms with van der Waals surface area (Å²) in [5.74, 6) is -10.7. The highest BCUT2D eigenvalue weighted by atomic mass is 32.2. The van der Waals surface area contributed by atoms with Crippen LogP contribution in [0.25, 0.3) is 0 Å². The first-order valence-electron chi connectivity index (χ1n) is 34.0. The number of hydroxylamine groups is 2. The van der Waals surface area contributed by atoms with Crippen molar-refractivity contribution in [2.45, 2.75) is 234 Å². The van der Waals surface area contributed by atoms with E-state index in [0.29, 0.717) is 6.42 Å². The van der Waals surface area contributed by atoms with E-state index in [-0.39, 0.29) is 54.3 Å². The average molecular weight is 1400 g/mol. The first kappa shape index (κ1) is 84.5. The predicted octanol–water partition coefficient (Wildman–Crippen LogP) is 4.08. The van der Waals surface area contributed by atoms with E-state index < -0.39 is 178 Å². The molecule has 1 aromatic carbocycles. The molecule has 28 nitrogen and oxygen atoms in total. The van der Waals surface area contributed by atoms with Gasteiger partial charge >= 0.3 is 6.09 Å². The van der Waals surface area contributed by atoms with E-state index in [1.165, 1.54) is 116 Å². The summed E-state index contributed by atoms with van der Waals surface area (Å²) in [5.41, 5.74) is -1.66. The lowest BCUT2D eigenvalue weighted by Gasteiger charge is -2.50. The number of benzene rings is 1. The van der Waals surface area contributed by atoms with E-state index in [1.807, 2.05) is 72.3 Å². The van der Waals surface area contributed by atoms with Gasteiger partial charge in [-0.3, -0.25) is 57.6 Å². The number of hydrogen-bond donors (Lipinski definition) is 5. The fourth-order valence-electron chi connectivity index (χ4n) is 12.2. The third kappa shape index (κ3) is 21.4. The summed E-state index contributed by atoms with van der Waals surface area (Å²) >= 11 is 0. The molecule has 1 unspecified atom stereocenters. The zero-order valence-corrected chi connectivity index (χ0v) is 63.1. The van der Waals surface area contributed by atoms with Gasteiger partial charge in [-0.2, -0.15) is 0 Å². The minimum absolute atomic E-state index is 0.0352. The summed E-state index contributed by atoms with van der Waals surface area (Å²) in [6.45, 7) is 29.4. The monoisotopic (exact) mass is 1400 g/mol. The van der Waals surface area contributed by atoms with Crippen LogP contribution in [-0.4, -0.2) is 235 Å². The van der Waals surface area contributed by atoms with Crippen molar-refractivity contribution in [1.29, 1.82) is 0 Å². The standard InChI is InChI=1S/C69H114N12O16S/c1-25-27-31-43(13)55-54-59(84)72-48(26-2)63(88)75(19)46(16)62(87)80(24)56(69(17,18)37-96-68(93)74-98(94,95)47-32-29-28-30-33-47)60(85)73-52(41(9)10)66(91)76(20)49(34-38(3)4)58(83)70-44(14)57(82)71-45(15)61(86)77(21)50(35-39(5)6)64(89)78(22)51(36-40(7)8)65(90)79(23)53(42(11)12)67(92)81(54)97-55/h25,27-30,32-33,38-46,48-56H,26,31,34-37H2,1-24H3,(H,70,83)(H,71,82)(H,72,84)(H,73,85)(H,74,93)/b27-25+/t43-,44+,45-,46-,48+,49+,50-,51+,52+,53+,54+,55?,56-/m1/s1. The van der Waals surface area contributed by atoms with Crippen molar-refractivity contribution in [2.24, 2.45) is 40.9 Å². The maximum absolute atomic E-state index is 15.3. The molecule has 2 saturated heterocycles. The van der Waals surface area contributed by atoms with Gasteiger partial charge in [0.15, 0.2) is 6.04 Å². The van der Waals surface area contributed by atoms with Crippen molar-refractivity contribution in [1.82, 2.24) is 60.5 Å². The summed E-state index contributed by atoms with van der Waals surface area (Å²) in [4.78, 5) is 190. The second kappa shape index (κ2) is 36.4. The van der Waals surface area contributed by atoms with Crippen LogP contribution in [0.1, 0.15) is 157 Å². The Balaban J connectivity index is 2.35. The maximum atomic E-state index is 15.3. The van der Waals surface area contributed by atoms with Gasteiger partial charge in [0.25, 0.3) is 15.9 Å². The number of fused-ring (bicyclic) bond motifs is 1. The number of ether oxygens (including phenoxy) is 1. The third-order valence-electron chi connectivity index (χ3n) is 18.2. The van der Waals surface area contributed by atoms with Crippen LogP contribution in [0.3, 0.4) is 0 Å². The van der Waals surface area contributed by atoms with Crippen LogP contribution >= 0.6 is 0 Å². The fourth-order valence-corrected chi connectivity index (χ4v) is 13.2. The molecule has 3 rings (SSSR count). The van der Waals surface area contributed by atoms with E-state index in [2.05, 4.69) is 21.3 Å². The van der Waals surface area contributed by atoms with Gasteiger partial charge < -0.3 is 55.4 Å². The molecule has 2 fully saturated rings. The number of sulfonamides is 1. The van der Waals surface area contributed by atoms with Gasteiger partial charge in [0.1, 0.15) is 73.1 Å². The molecule has 552 valence electrons. The van der Waals surface area contributed by atoms with Crippen molar-refractivity contribution in [2.75, 3.05) is 48.9 Å². The lowest BCUT2D eigenvalue weighted by molar-refractivity contribution is -0.321. The number of allylic oxidation sites excluding steroid dienone is 2. The summed E-state index contributed by atoms with van der Waals surface area (Å²) in [6.07, 6.45) is 2.03. The van der Waals surface area contributed by atoms with Crippen molar-refractivity contribution < 1.29 is 75.5 Å². The molecule has 0 spiro atoms. The molecule has 12 amide bonds. The number of nitrogens with zero attached hydrogens (tertiary/aromatic N) is 7. The smallest absolute Gasteiger partial charge is 0.421 e. The van der Waals surface area contributed by atoms with Crippen LogP contribution in [0.4, 0.5) is 4.79 Å². The molecule has 29 heteroatoms. The molecule has 1 aromatic rings. The Morgan fingerprint density at radius 2 is 1.08 bits per heavy atom. The molecule has 0 saturated carbocycles. The van der Waals surface area contributed by atoms with Crippen molar-refractivity contribution in [3.8, 4) is 0 Å². The van der Waals surface area contributed by atoms with Gasteiger partial charge in [0.2, 0.25) is 59.1 Å². The number of carbonyl (C=O) groups excluding carboxylic acids is 12. The summed E-state index contributed by atoms with van der Waals surface area (Å²) < 4.78 is 33.7. The number of carbonyl (C=O) groups is 12. The molecule has 13 atom stereocenters. The average Bonchev–Trinajstić information content (AvgIpc) is 0.753. The molecule has 0 bridgehead atoms. The Morgan fingerprint density at radius 1 is 0.582 bits per heavy atom. The van der Waals surface area contributed by atoms with Crippen LogP contribution in [0.2, 0.25) is 0 Å². The number of likely N-dealkylation sites (N-methyl/N-ethyl adjacent to an activating group) is 6. The Bertz CT molecular complexity index is 3140. The number of nitrogens with one attached hydrogen (secondary N) is 5. The summed E-state index contributed by atoms with van der Waals surface area (Å²) in [5, 5.41) is 11.8. The normalized spacial score (nSPS) is 26.7. The first-order valence-corrected chi connectivity index (χ1v) is 35.5. The highest BCUT2D eigenvalue weighted by Crippen LogP contribution is 2.34. The first-order chi connectivity index (χ1) is 45.3. The highest BCUT2D eigenvalue weighted by molar-refractivity contribution is 7.90. The summed E-state index contributed by atoms with van der Waals surface area (Å²) in [6, 6.07) is -7.78. The molecule has 5 N–H and O–H groups in total. The second-order valence-corrected chi connectivity index (χ2v) is 30.7. The van der Waals surface area contributed by atoms with Gasteiger partial charge in [0.05, 0.1) is 4.90 Å². The summed E-state index contributed by atoms with van der Waals surface area (Å²) in [7, 11) is 3.76. The molecule has 98 heavy (non-hydrogen) atoms. The quantitative estimate of drug-likeness (QED) is 0.137. The van der Waals surface area contributed by atoms with Crippen LogP contribution < -0.4 is 26.0 Å². The van der Waals surface area contributed by atoms with E-state index in [0.717, 1.165) is 19.8 Å². The van der Waals surface area contributed by atoms with E-state index in [4.69, 9.17) is 9.57 Å². The Kier molecular flexibility index (Phi) is 31.4. The number of amides is 12. The topological polar surface area (TPSA) is 340 Å². The molecule has 0 radical (unpaired) electrons. The molecule has 2 heterocycles. The molecular formula is C69H114N12O16S. The van der Waals surface area contributed by atoms with Gasteiger partial charge in [-0.05, 0) is 107 Å². The van der Waals surface area contributed by atoms with Crippen molar-refractivity contribution in [3.63, 3.8) is 0 Å². The molecule has 2 aliphatic rings. The number of hydrogen-bond acceptors (Lipinski definition) is 16. The van der Waals surface area contributed by atoms with E-state index in [1.54, 1.807) is 40.7 Å². The Hall–Kier alpha value is -7.69. The van der Waals surface area contributed by atoms with Crippen molar-refractivity contribution in [3.05, 3.63) is 42.5 Å². The minimum atomic E-state index is -4.46. The van der Waals surface area contributed by atoms with Gasteiger partial charge in [0, 0.05) is 47.7 Å². The minimum Gasteiger partial charge on any atom is -0.448 e. The Morgan fingerprint density at radius 3 is 1.58 bits per heavy atom. The van der Waals surface area contributed by atoms with Crippen molar-refractivity contribution >= 4 is 81.1 Å². The lowest BCUT2D eigenvalue weighted by Crippen LogP contribution is -2.72. The van der Waals surface area contributed by atoms with Gasteiger partial charge in [-0.15, -0.1) is 0 Å². The predicted molar refractivity (Wildman–Crippen MR) is 368 cm³/mol. The second-order valence-electron chi connectivity index (χ2n) is 29.0. The van der Waals surface area contributed by atoms with Crippen LogP contribution in [0.5, 0.6) is 0 Å². The third-order valence-corrected chi connectivity index (χ3v) is 19.6. The lowest BCUT2D eigenvalue weighted by atomic mass is 9.83. The molecule has 0 aromatic heterocycles. The van der Waals surface area contributed by atoms with E-state index >= 15 is 24.0 Å². The molecule has 2 aliphatic heterocycles. The zero-order chi connectivity index (χ0) is 75.1. The SMILES string of the molecule is C/C=C/C[C@@H](C)C1ON2C(=O)[C@H](C(C)C)N(C)C(=O)[C@H](CC(C)C)N(C)C(=O)[C@@H](CC(C)C)N(C)C(=O)[C@@H](C)NC(=O)[C@H](C)NC(=O)[C@H](CC(C)C)N(C)C(=O)[C@H](C(C)C)NC(=O)[C@H](C(C)(C)COC(=O)NS(=O)(=O)c3ccccc3)N(C)C(=O)[C@@H](C)N(C)C(=O)[C@H](CC)NC(=O)[C@H]12. The highest BCUT2D eigenvalue weighted by Gasteiger charge is 2.55. The molecular weight excluding hydrogens is 1280 g/mol. The van der Waals surface area contributed by atoms with E-state index in [9.17, 15) is 42.0 Å². The zero-order valence-electron chi connectivity index (χ0n) is 62.2. The number of rotatable bonds is 17. The largest absolute Gasteiger partial charge is 0.448 e. The van der Waals surface area contributed by atoms with Crippen LogP contribution in [0, 0.1) is 40.9 Å². The fraction of sp³-hybridized carbons (Fsp3) is 0.710. The van der Waals surface area contributed by atoms with Gasteiger partial charge in [-0.1, -0.05) is 127 Å². The molecule has 0 aliphatic carbocycles. The van der Waals surface area contributed by atoms with Crippen LogP contribution in [-0.2, 0) is 72.3 Å². The van der Waals surface area contributed by atoms with Gasteiger partial charge in [-0.25, -0.2) is 23.0 Å².